The fourth-order valence-electron chi connectivity index (χ4n) is 4.03. The number of halogens is 2. The van der Waals surface area contributed by atoms with E-state index in [-0.39, 0.29) is 30.1 Å². The van der Waals surface area contributed by atoms with Gasteiger partial charge in [0.25, 0.3) is 0 Å². The molecule has 2 atom stereocenters. The third-order valence-corrected chi connectivity index (χ3v) is 6.21. The van der Waals surface area contributed by atoms with E-state index in [4.69, 9.17) is 9.47 Å². The minimum atomic E-state index is -3.73. The Morgan fingerprint density at radius 1 is 1.21 bits per heavy atom. The molecule has 0 aromatic heterocycles. The van der Waals surface area contributed by atoms with Crippen LogP contribution in [-0.2, 0) is 24.5 Å². The summed E-state index contributed by atoms with van der Waals surface area (Å²) in [4.78, 5) is 26.2. The summed E-state index contributed by atoms with van der Waals surface area (Å²) in [5.41, 5.74) is -0.407. The summed E-state index contributed by atoms with van der Waals surface area (Å²) in [7, 11) is 0. The van der Waals surface area contributed by atoms with E-state index in [9.17, 15) is 18.4 Å². The smallest absolute Gasteiger partial charge is 0.395 e. The zero-order valence-corrected chi connectivity index (χ0v) is 19.8. The number of carbonyl (C=O) groups is 2. The largest absolute Gasteiger partial charge is 0.586 e. The molecule has 33 heavy (non-hydrogen) atoms. The molecular weight excluding hydrogens is 458 g/mol. The Kier molecular flexibility index (Phi) is 5.82. The van der Waals surface area contributed by atoms with E-state index in [0.29, 0.717) is 25.0 Å². The van der Waals surface area contributed by atoms with Crippen LogP contribution in [-0.4, -0.2) is 53.9 Å². The van der Waals surface area contributed by atoms with Crippen LogP contribution in [0, 0.1) is 0 Å². The molecule has 0 spiro atoms. The van der Waals surface area contributed by atoms with E-state index in [1.165, 1.54) is 12.1 Å². The van der Waals surface area contributed by atoms with Gasteiger partial charge in [-0.25, -0.2) is 0 Å². The number of carbonyl (C=O) groups excluding carboxylic acids is 2. The monoisotopic (exact) mass is 486 g/mol. The number of hydrogen-bond acceptors (Lipinski definition) is 7. The molecule has 11 heteroatoms. The lowest BCUT2D eigenvalue weighted by Crippen LogP contribution is -2.58. The normalized spacial score (nSPS) is 24.8. The zero-order valence-electron chi connectivity index (χ0n) is 18.9. The van der Waals surface area contributed by atoms with E-state index in [1.807, 2.05) is 0 Å². The lowest BCUT2D eigenvalue weighted by Gasteiger charge is -2.31. The molecule has 1 aromatic rings. The highest BCUT2D eigenvalue weighted by molar-refractivity contribution is 7.81. The second kappa shape index (κ2) is 7.99. The Balaban J connectivity index is 1.44. The van der Waals surface area contributed by atoms with Gasteiger partial charge in [-0.15, -0.1) is 8.78 Å². The Morgan fingerprint density at radius 3 is 2.45 bits per heavy atom. The van der Waals surface area contributed by atoms with Crippen molar-refractivity contribution in [1.29, 1.82) is 0 Å². The van der Waals surface area contributed by atoms with Crippen LogP contribution in [0.3, 0.4) is 0 Å². The summed E-state index contributed by atoms with van der Waals surface area (Å²) in [6, 6.07) is 3.37. The molecule has 3 aliphatic rings. The second-order valence-electron chi connectivity index (χ2n) is 9.67. The van der Waals surface area contributed by atoms with Gasteiger partial charge in [-0.3, -0.25) is 9.59 Å². The van der Waals surface area contributed by atoms with Crippen molar-refractivity contribution in [2.45, 2.75) is 74.9 Å². The van der Waals surface area contributed by atoms with E-state index < -0.39 is 34.2 Å². The number of hydrogen-bond donors (Lipinski definition) is 3. The molecule has 2 amide bonds. The van der Waals surface area contributed by atoms with Gasteiger partial charge in [0.15, 0.2) is 17.3 Å². The summed E-state index contributed by atoms with van der Waals surface area (Å²) in [5, 5.41) is 5.62. The van der Waals surface area contributed by atoms with E-state index in [1.54, 1.807) is 33.8 Å². The molecule has 182 valence electrons. The standard InChI is InChI=1S/C22H28F2N2O6S/c1-19(2,33)16(17(27)25-10-13-11-29-20(3,4)30-13)26-18(28)21(7-8-21)12-5-6-14-15(9-12)32-22(23,24)31-14/h5-6,9,13,16,33H,7-8,10-11H2,1-4H3,(H,25,27)(H,26,28)/t13-,16-/m1/s1. The van der Waals surface area contributed by atoms with Gasteiger partial charge in [-0.2, -0.15) is 12.6 Å². The first-order valence-electron chi connectivity index (χ1n) is 10.7. The van der Waals surface area contributed by atoms with Gasteiger partial charge in [0.2, 0.25) is 11.8 Å². The van der Waals surface area contributed by atoms with Crippen molar-refractivity contribution in [3.05, 3.63) is 23.8 Å². The number of amides is 2. The third-order valence-electron chi connectivity index (χ3n) is 5.95. The first kappa shape index (κ1) is 24.0. The predicted molar refractivity (Wildman–Crippen MR) is 116 cm³/mol. The Bertz CT molecular complexity index is 961. The molecule has 1 aromatic carbocycles. The second-order valence-corrected chi connectivity index (χ2v) is 10.8. The van der Waals surface area contributed by atoms with Gasteiger partial charge in [0.05, 0.1) is 12.0 Å². The number of rotatable bonds is 7. The first-order chi connectivity index (χ1) is 15.2. The summed E-state index contributed by atoms with van der Waals surface area (Å²) >= 11 is 4.52. The highest BCUT2D eigenvalue weighted by Gasteiger charge is 2.54. The Labute approximate surface area is 196 Å². The Hall–Kier alpha value is -2.11. The van der Waals surface area contributed by atoms with Gasteiger partial charge in [0.1, 0.15) is 12.1 Å². The molecule has 2 aliphatic heterocycles. The van der Waals surface area contributed by atoms with Gasteiger partial charge in [-0.05, 0) is 58.2 Å². The number of alkyl halides is 2. The zero-order chi connectivity index (χ0) is 24.2. The maximum absolute atomic E-state index is 13.4. The molecule has 1 saturated carbocycles. The summed E-state index contributed by atoms with van der Waals surface area (Å²) in [6.07, 6.45) is -3.01. The molecule has 8 nitrogen and oxygen atoms in total. The molecule has 2 fully saturated rings. The minimum Gasteiger partial charge on any atom is -0.395 e. The number of ether oxygens (including phenoxy) is 4. The van der Waals surface area contributed by atoms with Crippen LogP contribution in [0.1, 0.15) is 46.1 Å². The first-order valence-corrected chi connectivity index (χ1v) is 11.2. The van der Waals surface area contributed by atoms with Crippen LogP contribution < -0.4 is 20.1 Å². The molecule has 4 rings (SSSR count). The van der Waals surface area contributed by atoms with Crippen molar-refractivity contribution < 1.29 is 37.3 Å². The molecule has 0 unspecified atom stereocenters. The maximum Gasteiger partial charge on any atom is 0.586 e. The summed E-state index contributed by atoms with van der Waals surface area (Å²) in [6.45, 7) is 7.60. The van der Waals surface area contributed by atoms with E-state index in [0.717, 1.165) is 0 Å². The molecular formula is C22H28F2N2O6S. The number of thiol groups is 1. The van der Waals surface area contributed by atoms with Crippen molar-refractivity contribution in [1.82, 2.24) is 10.6 Å². The van der Waals surface area contributed by atoms with Crippen molar-refractivity contribution in [2.24, 2.45) is 0 Å². The predicted octanol–water partition coefficient (Wildman–Crippen LogP) is 2.50. The van der Waals surface area contributed by atoms with Crippen molar-refractivity contribution in [3.63, 3.8) is 0 Å². The van der Waals surface area contributed by atoms with Crippen LogP contribution >= 0.6 is 12.6 Å². The van der Waals surface area contributed by atoms with Crippen molar-refractivity contribution in [2.75, 3.05) is 13.2 Å². The Morgan fingerprint density at radius 2 is 1.88 bits per heavy atom. The lowest BCUT2D eigenvalue weighted by molar-refractivity contribution is -0.286. The summed E-state index contributed by atoms with van der Waals surface area (Å²) < 4.78 is 46.0. The van der Waals surface area contributed by atoms with Crippen LogP contribution in [0.15, 0.2) is 18.2 Å². The third kappa shape index (κ3) is 5.04. The van der Waals surface area contributed by atoms with Gasteiger partial charge >= 0.3 is 6.29 Å². The maximum atomic E-state index is 13.4. The number of fused-ring (bicyclic) bond motifs is 1. The van der Waals surface area contributed by atoms with Crippen LogP contribution in [0.25, 0.3) is 0 Å². The van der Waals surface area contributed by atoms with Crippen LogP contribution in [0.4, 0.5) is 8.78 Å². The molecule has 2 heterocycles. The average molecular weight is 487 g/mol. The fraction of sp³-hybridized carbons (Fsp3) is 0.636. The molecule has 1 saturated heterocycles. The van der Waals surface area contributed by atoms with Crippen LogP contribution in [0.2, 0.25) is 0 Å². The highest BCUT2D eigenvalue weighted by atomic mass is 32.1. The average Bonchev–Trinajstić information content (AvgIpc) is 3.34. The minimum absolute atomic E-state index is 0.0880. The SMILES string of the molecule is CC1(C)OC[C@@H](CNC(=O)[C@@H](NC(=O)C2(c3ccc4c(c3)OC(F)(F)O4)CC2)C(C)(C)S)O1. The fourth-order valence-corrected chi connectivity index (χ4v) is 4.21. The van der Waals surface area contributed by atoms with Crippen LogP contribution in [0.5, 0.6) is 11.5 Å². The van der Waals surface area contributed by atoms with Crippen molar-refractivity contribution in [3.8, 4) is 11.5 Å². The highest BCUT2D eigenvalue weighted by Crippen LogP contribution is 2.52. The molecule has 0 bridgehead atoms. The van der Waals surface area contributed by atoms with Crippen molar-refractivity contribution >= 4 is 24.4 Å². The lowest BCUT2D eigenvalue weighted by atomic mass is 9.93. The molecule has 2 N–H and O–H groups in total. The van der Waals surface area contributed by atoms with Gasteiger partial charge < -0.3 is 29.6 Å². The van der Waals surface area contributed by atoms with Gasteiger partial charge in [0, 0.05) is 11.3 Å². The molecule has 0 radical (unpaired) electrons. The summed E-state index contributed by atoms with van der Waals surface area (Å²) in [5.74, 6) is -1.70. The quantitative estimate of drug-likeness (QED) is 0.513. The van der Waals surface area contributed by atoms with E-state index in [2.05, 4.69) is 32.7 Å². The van der Waals surface area contributed by atoms with Gasteiger partial charge in [-0.1, -0.05) is 6.07 Å². The number of nitrogens with one attached hydrogen (secondary N) is 2. The topological polar surface area (TPSA) is 95.1 Å². The number of benzene rings is 1. The van der Waals surface area contributed by atoms with E-state index >= 15 is 0 Å². The molecule has 1 aliphatic carbocycles.